The summed E-state index contributed by atoms with van der Waals surface area (Å²) in [4.78, 5) is 0. The highest BCUT2D eigenvalue weighted by atomic mass is 32.1. The highest BCUT2D eigenvalue weighted by molar-refractivity contribution is 7.81. The lowest BCUT2D eigenvalue weighted by atomic mass is 10.2. The van der Waals surface area contributed by atoms with Crippen molar-refractivity contribution in [3.05, 3.63) is 11.8 Å². The molecule has 0 spiro atoms. The van der Waals surface area contributed by atoms with E-state index in [-0.39, 0.29) is 11.3 Å². The van der Waals surface area contributed by atoms with Crippen LogP contribution in [0.1, 0.15) is 20.3 Å². The first-order valence-electron chi connectivity index (χ1n) is 3.40. The van der Waals surface area contributed by atoms with Gasteiger partial charge in [-0.3, -0.25) is 0 Å². The summed E-state index contributed by atoms with van der Waals surface area (Å²) < 4.78 is 0. The lowest BCUT2D eigenvalue weighted by Crippen LogP contribution is -2.26. The van der Waals surface area contributed by atoms with Crippen molar-refractivity contribution in [2.75, 3.05) is 0 Å². The highest BCUT2D eigenvalue weighted by Crippen LogP contribution is 2.06. The van der Waals surface area contributed by atoms with Crippen molar-refractivity contribution in [3.63, 3.8) is 0 Å². The summed E-state index contributed by atoms with van der Waals surface area (Å²) in [6, 6.07) is 0.124. The van der Waals surface area contributed by atoms with Crippen molar-refractivity contribution in [1.82, 2.24) is 0 Å². The second-order valence-electron chi connectivity index (χ2n) is 2.61. The predicted octanol–water partition coefficient (Wildman–Crippen LogP) is 0.885. The minimum absolute atomic E-state index is 0.124. The number of hydrogen-bond donors (Lipinski definition) is 3. The van der Waals surface area contributed by atoms with Crippen LogP contribution >= 0.6 is 12.6 Å². The second-order valence-corrected chi connectivity index (χ2v) is 3.27. The minimum atomic E-state index is 0.124. The van der Waals surface area contributed by atoms with Crippen LogP contribution in [0.3, 0.4) is 0 Å². The molecule has 0 aromatic carbocycles. The standard InChI is InChI=1S/C7H16N2S/c1-5(8)3-4-7(10)6(2)9/h3,6-7,10H,4,8-9H2,1-2H3/b5-3+/t6-,7?/m1/s1. The van der Waals surface area contributed by atoms with Gasteiger partial charge < -0.3 is 11.5 Å². The average molecular weight is 160 g/mol. The van der Waals surface area contributed by atoms with Crippen LogP contribution in [0.4, 0.5) is 0 Å². The summed E-state index contributed by atoms with van der Waals surface area (Å²) in [7, 11) is 0. The Bertz CT molecular complexity index is 117. The van der Waals surface area contributed by atoms with Gasteiger partial charge in [-0.05, 0) is 20.3 Å². The lowest BCUT2D eigenvalue weighted by Gasteiger charge is -2.11. The molecule has 0 aromatic heterocycles. The molecule has 1 unspecified atom stereocenters. The first-order chi connectivity index (χ1) is 4.54. The topological polar surface area (TPSA) is 52.0 Å². The first kappa shape index (κ1) is 9.85. The monoisotopic (exact) mass is 160 g/mol. The molecule has 0 rings (SSSR count). The molecule has 0 radical (unpaired) electrons. The third-order valence-corrected chi connectivity index (χ3v) is 1.97. The third-order valence-electron chi connectivity index (χ3n) is 1.29. The molecule has 10 heavy (non-hydrogen) atoms. The van der Waals surface area contributed by atoms with Crippen LogP contribution in [0.25, 0.3) is 0 Å². The molecule has 60 valence electrons. The highest BCUT2D eigenvalue weighted by Gasteiger charge is 2.05. The molecular weight excluding hydrogens is 144 g/mol. The van der Waals surface area contributed by atoms with Gasteiger partial charge in [0, 0.05) is 17.0 Å². The van der Waals surface area contributed by atoms with Crippen molar-refractivity contribution < 1.29 is 0 Å². The molecule has 0 heterocycles. The molecule has 0 saturated carbocycles. The van der Waals surface area contributed by atoms with E-state index in [9.17, 15) is 0 Å². The van der Waals surface area contributed by atoms with Crippen LogP contribution in [-0.2, 0) is 0 Å². The van der Waals surface area contributed by atoms with Gasteiger partial charge in [-0.25, -0.2) is 0 Å². The Labute approximate surface area is 68.1 Å². The van der Waals surface area contributed by atoms with Crippen LogP contribution in [0.5, 0.6) is 0 Å². The van der Waals surface area contributed by atoms with Crippen LogP contribution in [0.2, 0.25) is 0 Å². The van der Waals surface area contributed by atoms with Crippen molar-refractivity contribution in [2.24, 2.45) is 11.5 Å². The number of hydrogen-bond acceptors (Lipinski definition) is 3. The van der Waals surface area contributed by atoms with Crippen LogP contribution in [0.15, 0.2) is 11.8 Å². The van der Waals surface area contributed by atoms with Gasteiger partial charge in [0.2, 0.25) is 0 Å². The fraction of sp³-hybridized carbons (Fsp3) is 0.714. The number of thiol groups is 1. The molecule has 2 atom stereocenters. The SMILES string of the molecule is C/C(N)=C\CC(S)[C@@H](C)N. The van der Waals surface area contributed by atoms with Gasteiger partial charge in [-0.15, -0.1) is 0 Å². The van der Waals surface area contributed by atoms with Gasteiger partial charge in [0.15, 0.2) is 0 Å². The Morgan fingerprint density at radius 2 is 2.20 bits per heavy atom. The van der Waals surface area contributed by atoms with Gasteiger partial charge in [-0.1, -0.05) is 6.08 Å². The molecular formula is C7H16N2S. The van der Waals surface area contributed by atoms with Gasteiger partial charge in [0.25, 0.3) is 0 Å². The van der Waals surface area contributed by atoms with Gasteiger partial charge >= 0.3 is 0 Å². The molecule has 0 aliphatic heterocycles. The van der Waals surface area contributed by atoms with E-state index < -0.39 is 0 Å². The smallest absolute Gasteiger partial charge is 0.0201 e. The number of allylic oxidation sites excluding steroid dienone is 2. The third kappa shape index (κ3) is 4.70. The van der Waals surface area contributed by atoms with E-state index in [0.717, 1.165) is 12.1 Å². The van der Waals surface area contributed by atoms with E-state index in [2.05, 4.69) is 12.6 Å². The molecule has 0 fully saturated rings. The maximum atomic E-state index is 5.58. The Morgan fingerprint density at radius 3 is 2.50 bits per heavy atom. The molecule has 0 bridgehead atoms. The van der Waals surface area contributed by atoms with Crippen molar-refractivity contribution in [1.29, 1.82) is 0 Å². The maximum Gasteiger partial charge on any atom is 0.0201 e. The summed E-state index contributed by atoms with van der Waals surface area (Å²) in [6.07, 6.45) is 2.80. The lowest BCUT2D eigenvalue weighted by molar-refractivity contribution is 0.696. The Morgan fingerprint density at radius 1 is 1.70 bits per heavy atom. The second kappa shape index (κ2) is 4.63. The fourth-order valence-electron chi connectivity index (χ4n) is 0.521. The van der Waals surface area contributed by atoms with E-state index in [0.29, 0.717) is 0 Å². The van der Waals surface area contributed by atoms with E-state index in [1.807, 2.05) is 19.9 Å². The largest absolute Gasteiger partial charge is 0.403 e. The van der Waals surface area contributed by atoms with E-state index >= 15 is 0 Å². The van der Waals surface area contributed by atoms with E-state index in [1.165, 1.54) is 0 Å². The molecule has 2 nitrogen and oxygen atoms in total. The fourth-order valence-corrected chi connectivity index (χ4v) is 0.627. The summed E-state index contributed by atoms with van der Waals surface area (Å²) in [5, 5.41) is 0.221. The summed E-state index contributed by atoms with van der Waals surface area (Å²) in [5.41, 5.74) is 11.8. The summed E-state index contributed by atoms with van der Waals surface area (Å²) >= 11 is 4.27. The van der Waals surface area contributed by atoms with Crippen molar-refractivity contribution >= 4 is 12.6 Å². The number of nitrogens with two attached hydrogens (primary N) is 2. The van der Waals surface area contributed by atoms with Gasteiger partial charge in [0.05, 0.1) is 0 Å². The molecule has 0 aliphatic carbocycles. The molecule has 3 heteroatoms. The van der Waals surface area contributed by atoms with Crippen LogP contribution < -0.4 is 11.5 Å². The minimum Gasteiger partial charge on any atom is -0.403 e. The van der Waals surface area contributed by atoms with Crippen molar-refractivity contribution in [3.8, 4) is 0 Å². The van der Waals surface area contributed by atoms with E-state index in [4.69, 9.17) is 11.5 Å². The van der Waals surface area contributed by atoms with Crippen LogP contribution in [0, 0.1) is 0 Å². The molecule has 0 aromatic rings. The Kier molecular flexibility index (Phi) is 4.56. The molecule has 0 saturated heterocycles. The first-order valence-corrected chi connectivity index (χ1v) is 3.91. The average Bonchev–Trinajstić information content (AvgIpc) is 1.82. The molecule has 4 N–H and O–H groups in total. The van der Waals surface area contributed by atoms with Crippen LogP contribution in [-0.4, -0.2) is 11.3 Å². The Hall–Kier alpha value is -0.150. The van der Waals surface area contributed by atoms with Crippen molar-refractivity contribution in [2.45, 2.75) is 31.6 Å². The molecule has 0 aliphatic rings. The molecule has 0 amide bonds. The zero-order valence-electron chi connectivity index (χ0n) is 6.54. The number of rotatable bonds is 3. The quantitative estimate of drug-likeness (QED) is 0.537. The summed E-state index contributed by atoms with van der Waals surface area (Å²) in [5.74, 6) is 0. The zero-order valence-corrected chi connectivity index (χ0v) is 7.44. The predicted molar refractivity (Wildman–Crippen MR) is 49.0 cm³/mol. The van der Waals surface area contributed by atoms with Gasteiger partial charge in [-0.2, -0.15) is 12.6 Å². The Balaban J connectivity index is 3.59. The van der Waals surface area contributed by atoms with Gasteiger partial charge in [0.1, 0.15) is 0 Å². The summed E-state index contributed by atoms with van der Waals surface area (Å²) in [6.45, 7) is 3.80. The maximum absolute atomic E-state index is 5.58. The normalized spacial score (nSPS) is 18.6. The zero-order chi connectivity index (χ0) is 8.15. The van der Waals surface area contributed by atoms with E-state index in [1.54, 1.807) is 0 Å².